The molecule has 0 unspecified atom stereocenters. The number of nitrogens with zero attached hydrogens (tertiary/aromatic N) is 3. The summed E-state index contributed by atoms with van der Waals surface area (Å²) in [5, 5.41) is 3.89. The van der Waals surface area contributed by atoms with E-state index < -0.39 is 0 Å². The van der Waals surface area contributed by atoms with Gasteiger partial charge in [0.1, 0.15) is 5.82 Å². The molecular formula is C22H24FN3O4. The van der Waals surface area contributed by atoms with Crippen LogP contribution in [0.25, 0.3) is 11.4 Å². The second-order valence-corrected chi connectivity index (χ2v) is 6.90. The number of aryl methyl sites for hydroxylation is 2. The van der Waals surface area contributed by atoms with Gasteiger partial charge < -0.3 is 18.9 Å². The largest absolute Gasteiger partial charge is 0.493 e. The highest BCUT2D eigenvalue weighted by atomic mass is 19.1. The molecule has 0 saturated carbocycles. The van der Waals surface area contributed by atoms with E-state index in [-0.39, 0.29) is 18.1 Å². The minimum atomic E-state index is -0.333. The van der Waals surface area contributed by atoms with Crippen LogP contribution in [0.1, 0.15) is 23.4 Å². The Hall–Kier alpha value is -3.42. The molecular weight excluding hydrogens is 389 g/mol. The van der Waals surface area contributed by atoms with Gasteiger partial charge in [0.15, 0.2) is 11.5 Å². The van der Waals surface area contributed by atoms with Gasteiger partial charge in [-0.2, -0.15) is 4.98 Å². The van der Waals surface area contributed by atoms with Crippen molar-refractivity contribution in [2.45, 2.75) is 26.3 Å². The van der Waals surface area contributed by atoms with E-state index in [1.165, 1.54) is 12.1 Å². The van der Waals surface area contributed by atoms with E-state index in [1.807, 2.05) is 19.1 Å². The molecule has 0 fully saturated rings. The molecule has 158 valence electrons. The lowest BCUT2D eigenvalue weighted by Gasteiger charge is -2.19. The van der Waals surface area contributed by atoms with Crippen LogP contribution >= 0.6 is 0 Å². The molecule has 1 amide bonds. The normalized spacial score (nSPS) is 10.7. The zero-order chi connectivity index (χ0) is 21.7. The maximum atomic E-state index is 13.0. The Morgan fingerprint density at radius 1 is 1.13 bits per heavy atom. The number of carbonyl (C=O) groups excluding carboxylic acids is 1. The first-order chi connectivity index (χ1) is 14.4. The van der Waals surface area contributed by atoms with Gasteiger partial charge in [0.2, 0.25) is 17.6 Å². The van der Waals surface area contributed by atoms with Gasteiger partial charge in [-0.05, 0) is 54.4 Å². The molecule has 30 heavy (non-hydrogen) atoms. The zero-order valence-corrected chi connectivity index (χ0v) is 17.4. The standard InChI is InChI=1S/C22H24FN3O4/c1-14-11-18(28-3)19(29-4)12-16(14)13-26(2)21(27)10-9-20-24-22(25-30-20)15-5-7-17(23)8-6-15/h5-8,11-12H,9-10,13H2,1-4H3. The first kappa shape index (κ1) is 21.3. The van der Waals surface area contributed by atoms with E-state index in [9.17, 15) is 9.18 Å². The highest BCUT2D eigenvalue weighted by Crippen LogP contribution is 2.30. The summed E-state index contributed by atoms with van der Waals surface area (Å²) in [5.41, 5.74) is 2.63. The maximum absolute atomic E-state index is 13.0. The first-order valence-corrected chi connectivity index (χ1v) is 9.45. The number of amides is 1. The third kappa shape index (κ3) is 4.94. The van der Waals surface area contributed by atoms with Crippen molar-refractivity contribution >= 4 is 5.91 Å². The summed E-state index contributed by atoms with van der Waals surface area (Å²) in [6, 6.07) is 9.59. The third-order valence-electron chi connectivity index (χ3n) is 4.80. The topological polar surface area (TPSA) is 77.7 Å². The average Bonchev–Trinajstić information content (AvgIpc) is 3.22. The fraction of sp³-hybridized carbons (Fsp3) is 0.318. The molecule has 1 aromatic heterocycles. The van der Waals surface area contributed by atoms with Gasteiger partial charge in [-0.25, -0.2) is 4.39 Å². The summed E-state index contributed by atoms with van der Waals surface area (Å²) in [4.78, 5) is 18.5. The fourth-order valence-corrected chi connectivity index (χ4v) is 3.01. The number of hydrogen-bond donors (Lipinski definition) is 0. The van der Waals surface area contributed by atoms with Crippen LogP contribution in [-0.2, 0) is 17.8 Å². The Balaban J connectivity index is 1.59. The average molecular weight is 413 g/mol. The fourth-order valence-electron chi connectivity index (χ4n) is 3.01. The molecule has 8 heteroatoms. The molecule has 0 N–H and O–H groups in total. The van der Waals surface area contributed by atoms with Crippen molar-refractivity contribution in [1.82, 2.24) is 15.0 Å². The van der Waals surface area contributed by atoms with E-state index >= 15 is 0 Å². The number of benzene rings is 2. The molecule has 3 aromatic rings. The van der Waals surface area contributed by atoms with Gasteiger partial charge in [-0.3, -0.25) is 4.79 Å². The lowest BCUT2D eigenvalue weighted by molar-refractivity contribution is -0.130. The Morgan fingerprint density at radius 3 is 2.47 bits per heavy atom. The molecule has 0 aliphatic carbocycles. The second kappa shape index (κ2) is 9.39. The quantitative estimate of drug-likeness (QED) is 0.559. The van der Waals surface area contributed by atoms with Crippen molar-refractivity contribution in [2.24, 2.45) is 0 Å². The minimum Gasteiger partial charge on any atom is -0.493 e. The molecule has 2 aromatic carbocycles. The van der Waals surface area contributed by atoms with Crippen molar-refractivity contribution in [3.8, 4) is 22.9 Å². The summed E-state index contributed by atoms with van der Waals surface area (Å²) in [6.45, 7) is 2.40. The van der Waals surface area contributed by atoms with Gasteiger partial charge in [0, 0.05) is 32.0 Å². The molecule has 0 aliphatic rings. The van der Waals surface area contributed by atoms with Crippen LogP contribution in [0.15, 0.2) is 40.9 Å². The summed E-state index contributed by atoms with van der Waals surface area (Å²) in [5.74, 6) is 1.62. The number of ether oxygens (including phenoxy) is 2. The van der Waals surface area contributed by atoms with E-state index in [0.29, 0.717) is 41.7 Å². The van der Waals surface area contributed by atoms with Crippen molar-refractivity contribution in [3.63, 3.8) is 0 Å². The van der Waals surface area contributed by atoms with Crippen molar-refractivity contribution in [2.75, 3.05) is 21.3 Å². The molecule has 0 spiro atoms. The highest BCUT2D eigenvalue weighted by molar-refractivity contribution is 5.76. The lowest BCUT2D eigenvalue weighted by Crippen LogP contribution is -2.26. The van der Waals surface area contributed by atoms with E-state index in [1.54, 1.807) is 38.3 Å². The van der Waals surface area contributed by atoms with Gasteiger partial charge in [0.25, 0.3) is 0 Å². The number of aromatic nitrogens is 2. The van der Waals surface area contributed by atoms with E-state index in [4.69, 9.17) is 14.0 Å². The Morgan fingerprint density at radius 2 is 1.80 bits per heavy atom. The summed E-state index contributed by atoms with van der Waals surface area (Å²) >= 11 is 0. The maximum Gasteiger partial charge on any atom is 0.227 e. The molecule has 3 rings (SSSR count). The van der Waals surface area contributed by atoms with E-state index in [2.05, 4.69) is 10.1 Å². The van der Waals surface area contributed by atoms with Gasteiger partial charge >= 0.3 is 0 Å². The number of halogens is 1. The Kier molecular flexibility index (Phi) is 6.66. The van der Waals surface area contributed by atoms with Crippen LogP contribution in [0.5, 0.6) is 11.5 Å². The van der Waals surface area contributed by atoms with Crippen LogP contribution < -0.4 is 9.47 Å². The highest BCUT2D eigenvalue weighted by Gasteiger charge is 2.16. The monoisotopic (exact) mass is 413 g/mol. The molecule has 0 saturated heterocycles. The zero-order valence-electron chi connectivity index (χ0n) is 17.4. The first-order valence-electron chi connectivity index (χ1n) is 9.45. The molecule has 7 nitrogen and oxygen atoms in total. The number of methoxy groups -OCH3 is 2. The van der Waals surface area contributed by atoms with Crippen LogP contribution in [0.3, 0.4) is 0 Å². The Labute approximate surface area is 174 Å². The molecule has 0 bridgehead atoms. The van der Waals surface area contributed by atoms with Crippen LogP contribution in [0.4, 0.5) is 4.39 Å². The van der Waals surface area contributed by atoms with E-state index in [0.717, 1.165) is 11.1 Å². The summed E-state index contributed by atoms with van der Waals surface area (Å²) in [6.07, 6.45) is 0.552. The number of hydrogen-bond acceptors (Lipinski definition) is 6. The minimum absolute atomic E-state index is 0.0503. The number of rotatable bonds is 8. The molecule has 0 aliphatic heterocycles. The van der Waals surface area contributed by atoms with Crippen LogP contribution in [0, 0.1) is 12.7 Å². The van der Waals surface area contributed by atoms with Crippen LogP contribution in [-0.4, -0.2) is 42.2 Å². The smallest absolute Gasteiger partial charge is 0.227 e. The van der Waals surface area contributed by atoms with Gasteiger partial charge in [0.05, 0.1) is 14.2 Å². The molecule has 1 heterocycles. The summed E-state index contributed by atoms with van der Waals surface area (Å²) < 4.78 is 28.9. The summed E-state index contributed by atoms with van der Waals surface area (Å²) in [7, 11) is 4.91. The lowest BCUT2D eigenvalue weighted by atomic mass is 10.1. The van der Waals surface area contributed by atoms with Crippen molar-refractivity contribution < 1.29 is 23.2 Å². The third-order valence-corrected chi connectivity index (χ3v) is 4.80. The van der Waals surface area contributed by atoms with Crippen molar-refractivity contribution in [3.05, 3.63) is 59.2 Å². The SMILES string of the molecule is COc1cc(C)c(CN(C)C(=O)CCc2nc(-c3ccc(F)cc3)no2)cc1OC. The second-order valence-electron chi connectivity index (χ2n) is 6.90. The van der Waals surface area contributed by atoms with Crippen molar-refractivity contribution in [1.29, 1.82) is 0 Å². The molecule has 0 radical (unpaired) electrons. The Bertz CT molecular complexity index is 1020. The van der Waals surface area contributed by atoms with Crippen LogP contribution in [0.2, 0.25) is 0 Å². The van der Waals surface area contributed by atoms with Gasteiger partial charge in [-0.1, -0.05) is 5.16 Å². The molecule has 0 atom stereocenters. The predicted octanol–water partition coefficient (Wildman–Crippen LogP) is 3.79. The number of carbonyl (C=O) groups is 1. The predicted molar refractivity (Wildman–Crippen MR) is 109 cm³/mol. The van der Waals surface area contributed by atoms with Gasteiger partial charge in [-0.15, -0.1) is 0 Å².